The lowest BCUT2D eigenvalue weighted by Crippen LogP contribution is -2.34. The van der Waals surface area contributed by atoms with E-state index in [9.17, 15) is 9.59 Å². The fourth-order valence-corrected chi connectivity index (χ4v) is 2.53. The largest absolute Gasteiger partial charge is 0.481 e. The predicted octanol–water partition coefficient (Wildman–Crippen LogP) is 1.21. The zero-order chi connectivity index (χ0) is 14.5. The quantitative estimate of drug-likeness (QED) is 0.845. The van der Waals surface area contributed by atoms with Crippen molar-refractivity contribution >= 4 is 11.9 Å². The molecule has 1 saturated carbocycles. The van der Waals surface area contributed by atoms with Crippen LogP contribution in [0.5, 0.6) is 5.88 Å². The molecule has 6 heteroatoms. The van der Waals surface area contributed by atoms with E-state index in [1.807, 2.05) is 6.07 Å². The second-order valence-corrected chi connectivity index (χ2v) is 4.91. The summed E-state index contributed by atoms with van der Waals surface area (Å²) < 4.78 is 4.95. The molecule has 0 bridgehead atoms. The molecule has 1 fully saturated rings. The molecule has 108 valence electrons. The van der Waals surface area contributed by atoms with Gasteiger partial charge in [-0.2, -0.15) is 0 Å². The van der Waals surface area contributed by atoms with E-state index in [-0.39, 0.29) is 5.91 Å². The van der Waals surface area contributed by atoms with Crippen molar-refractivity contribution in [1.82, 2.24) is 10.3 Å². The lowest BCUT2D eigenvalue weighted by atomic mass is 9.95. The van der Waals surface area contributed by atoms with Crippen molar-refractivity contribution in [1.29, 1.82) is 0 Å². The number of hydrogen-bond donors (Lipinski definition) is 2. The Hall–Kier alpha value is -2.11. The highest BCUT2D eigenvalue weighted by Gasteiger charge is 2.37. The summed E-state index contributed by atoms with van der Waals surface area (Å²) in [4.78, 5) is 27.1. The molecular formula is C14H18N2O4. The molecule has 0 saturated heterocycles. The topological polar surface area (TPSA) is 88.5 Å². The molecule has 1 heterocycles. The van der Waals surface area contributed by atoms with Crippen LogP contribution in [0.2, 0.25) is 0 Å². The summed E-state index contributed by atoms with van der Waals surface area (Å²) in [5.41, 5.74) is 0.851. The molecule has 0 radical (unpaired) electrons. The van der Waals surface area contributed by atoms with Crippen LogP contribution in [0.1, 0.15) is 24.8 Å². The smallest absolute Gasteiger partial charge is 0.307 e. The van der Waals surface area contributed by atoms with Crippen molar-refractivity contribution in [3.63, 3.8) is 0 Å². The second kappa shape index (κ2) is 6.36. The van der Waals surface area contributed by atoms with Crippen LogP contribution < -0.4 is 10.1 Å². The molecular weight excluding hydrogens is 260 g/mol. The number of carboxylic acids is 1. The van der Waals surface area contributed by atoms with Crippen LogP contribution >= 0.6 is 0 Å². The minimum absolute atomic E-state index is 0.189. The standard InChI is InChI=1S/C14H18N2O4/c1-20-12-6-5-9(7-15-12)8-16-13(17)10-3-2-4-11(10)14(18)19/h5-7,10-11H,2-4,8H2,1H3,(H,16,17)(H,18,19)/t10-,11+/m1/s1. The number of hydrogen-bond acceptors (Lipinski definition) is 4. The van der Waals surface area contributed by atoms with Crippen molar-refractivity contribution in [2.75, 3.05) is 7.11 Å². The van der Waals surface area contributed by atoms with Gasteiger partial charge in [-0.15, -0.1) is 0 Å². The predicted molar refractivity (Wildman–Crippen MR) is 71.1 cm³/mol. The molecule has 2 rings (SSSR count). The molecule has 1 aliphatic carbocycles. The zero-order valence-electron chi connectivity index (χ0n) is 11.3. The van der Waals surface area contributed by atoms with Crippen LogP contribution in [0.4, 0.5) is 0 Å². The molecule has 1 amide bonds. The van der Waals surface area contributed by atoms with Gasteiger partial charge in [0.15, 0.2) is 0 Å². The molecule has 0 spiro atoms. The monoisotopic (exact) mass is 278 g/mol. The number of nitrogens with zero attached hydrogens (tertiary/aromatic N) is 1. The highest BCUT2D eigenvalue weighted by molar-refractivity contribution is 5.85. The molecule has 0 unspecified atom stereocenters. The Bertz CT molecular complexity index is 486. The number of rotatable bonds is 5. The van der Waals surface area contributed by atoms with Crippen LogP contribution in [-0.4, -0.2) is 29.1 Å². The third kappa shape index (κ3) is 3.26. The van der Waals surface area contributed by atoms with Crippen LogP contribution in [0.3, 0.4) is 0 Å². The van der Waals surface area contributed by atoms with Crippen molar-refractivity contribution < 1.29 is 19.4 Å². The van der Waals surface area contributed by atoms with Gasteiger partial charge in [0.25, 0.3) is 0 Å². The van der Waals surface area contributed by atoms with E-state index >= 15 is 0 Å². The molecule has 6 nitrogen and oxygen atoms in total. The van der Waals surface area contributed by atoms with Crippen LogP contribution in [0.15, 0.2) is 18.3 Å². The Morgan fingerprint density at radius 3 is 2.75 bits per heavy atom. The van der Waals surface area contributed by atoms with Gasteiger partial charge in [-0.1, -0.05) is 12.5 Å². The summed E-state index contributed by atoms with van der Waals surface area (Å²) in [5.74, 6) is -1.52. The zero-order valence-corrected chi connectivity index (χ0v) is 11.3. The Labute approximate surface area is 117 Å². The van der Waals surface area contributed by atoms with Crippen LogP contribution in [0, 0.1) is 11.8 Å². The highest BCUT2D eigenvalue weighted by Crippen LogP contribution is 2.32. The third-order valence-corrected chi connectivity index (χ3v) is 3.64. The Balaban J connectivity index is 1.89. The van der Waals surface area contributed by atoms with Gasteiger partial charge < -0.3 is 15.2 Å². The summed E-state index contributed by atoms with van der Waals surface area (Å²) in [7, 11) is 1.54. The number of carbonyl (C=O) groups is 2. The first-order chi connectivity index (χ1) is 9.61. The summed E-state index contributed by atoms with van der Waals surface area (Å²) in [6.45, 7) is 0.346. The number of carbonyl (C=O) groups excluding carboxylic acids is 1. The minimum atomic E-state index is -0.881. The van der Waals surface area contributed by atoms with E-state index in [2.05, 4.69) is 10.3 Å². The maximum atomic E-state index is 12.0. The number of amides is 1. The summed E-state index contributed by atoms with van der Waals surface area (Å²) in [6, 6.07) is 3.53. The molecule has 1 aliphatic rings. The van der Waals surface area contributed by atoms with Gasteiger partial charge in [-0.3, -0.25) is 9.59 Å². The van der Waals surface area contributed by atoms with Gasteiger partial charge in [0.2, 0.25) is 11.8 Å². The number of aliphatic carboxylic acids is 1. The van der Waals surface area contributed by atoms with E-state index in [1.165, 1.54) is 7.11 Å². The Morgan fingerprint density at radius 2 is 2.15 bits per heavy atom. The van der Waals surface area contributed by atoms with Gasteiger partial charge in [0.05, 0.1) is 18.9 Å². The molecule has 0 aromatic carbocycles. The first-order valence-electron chi connectivity index (χ1n) is 6.61. The van der Waals surface area contributed by atoms with E-state index in [1.54, 1.807) is 12.3 Å². The van der Waals surface area contributed by atoms with Gasteiger partial charge in [-0.05, 0) is 18.4 Å². The van der Waals surface area contributed by atoms with Gasteiger partial charge in [0, 0.05) is 18.8 Å². The number of methoxy groups -OCH3 is 1. The number of ether oxygens (including phenoxy) is 1. The number of carboxylic acid groups (broad SMARTS) is 1. The Morgan fingerprint density at radius 1 is 1.40 bits per heavy atom. The van der Waals surface area contributed by atoms with Gasteiger partial charge in [0.1, 0.15) is 0 Å². The maximum Gasteiger partial charge on any atom is 0.307 e. The molecule has 20 heavy (non-hydrogen) atoms. The van der Waals surface area contributed by atoms with E-state index in [4.69, 9.17) is 9.84 Å². The fourth-order valence-electron chi connectivity index (χ4n) is 2.53. The molecule has 1 aromatic rings. The van der Waals surface area contributed by atoms with E-state index in [0.717, 1.165) is 12.0 Å². The molecule has 2 N–H and O–H groups in total. The summed E-state index contributed by atoms with van der Waals surface area (Å²) in [5, 5.41) is 11.9. The van der Waals surface area contributed by atoms with Crippen molar-refractivity contribution in [3.05, 3.63) is 23.9 Å². The van der Waals surface area contributed by atoms with E-state index < -0.39 is 17.8 Å². The molecule has 1 aromatic heterocycles. The number of nitrogens with one attached hydrogen (secondary N) is 1. The third-order valence-electron chi connectivity index (χ3n) is 3.64. The summed E-state index contributed by atoms with van der Waals surface area (Å²) in [6.07, 6.45) is 3.64. The molecule has 0 aliphatic heterocycles. The van der Waals surface area contributed by atoms with E-state index in [0.29, 0.717) is 25.3 Å². The first-order valence-corrected chi connectivity index (χ1v) is 6.61. The van der Waals surface area contributed by atoms with Crippen molar-refractivity contribution in [2.45, 2.75) is 25.8 Å². The normalized spacial score (nSPS) is 21.4. The van der Waals surface area contributed by atoms with Crippen molar-refractivity contribution in [3.8, 4) is 5.88 Å². The lowest BCUT2D eigenvalue weighted by molar-refractivity contribution is -0.146. The summed E-state index contributed by atoms with van der Waals surface area (Å²) >= 11 is 0. The Kier molecular flexibility index (Phi) is 4.55. The average molecular weight is 278 g/mol. The van der Waals surface area contributed by atoms with Gasteiger partial charge >= 0.3 is 5.97 Å². The molecule has 2 atom stereocenters. The average Bonchev–Trinajstić information content (AvgIpc) is 2.95. The second-order valence-electron chi connectivity index (χ2n) is 4.91. The number of aromatic nitrogens is 1. The minimum Gasteiger partial charge on any atom is -0.481 e. The fraction of sp³-hybridized carbons (Fsp3) is 0.500. The first kappa shape index (κ1) is 14.3. The maximum absolute atomic E-state index is 12.0. The van der Waals surface area contributed by atoms with Crippen LogP contribution in [-0.2, 0) is 16.1 Å². The SMILES string of the molecule is COc1ccc(CNC(=O)[C@@H]2CCC[C@@H]2C(=O)O)cn1. The highest BCUT2D eigenvalue weighted by atomic mass is 16.5. The van der Waals surface area contributed by atoms with Crippen molar-refractivity contribution in [2.24, 2.45) is 11.8 Å². The number of pyridine rings is 1. The van der Waals surface area contributed by atoms with Crippen LogP contribution in [0.25, 0.3) is 0 Å². The van der Waals surface area contributed by atoms with Gasteiger partial charge in [-0.25, -0.2) is 4.98 Å². The lowest BCUT2D eigenvalue weighted by Gasteiger charge is -2.15.